The van der Waals surface area contributed by atoms with Crippen LogP contribution in [0.1, 0.15) is 31.7 Å². The Morgan fingerprint density at radius 2 is 2.19 bits per heavy atom. The number of carbonyl (C=O) groups is 1. The van der Waals surface area contributed by atoms with Gasteiger partial charge in [-0.3, -0.25) is 4.79 Å². The molecule has 86 valence electrons. The zero-order chi connectivity index (χ0) is 11.5. The number of halogens is 1. The van der Waals surface area contributed by atoms with E-state index in [1.165, 1.54) is 12.8 Å². The predicted molar refractivity (Wildman–Crippen MR) is 69.7 cm³/mol. The molecule has 0 aliphatic carbocycles. The fourth-order valence-corrected chi connectivity index (χ4v) is 2.53. The van der Waals surface area contributed by atoms with Gasteiger partial charge in [0, 0.05) is 16.7 Å². The van der Waals surface area contributed by atoms with Gasteiger partial charge in [0.25, 0.3) is 0 Å². The van der Waals surface area contributed by atoms with Crippen molar-refractivity contribution in [3.05, 3.63) is 28.2 Å². The van der Waals surface area contributed by atoms with Crippen molar-refractivity contribution in [3.63, 3.8) is 0 Å². The van der Waals surface area contributed by atoms with Crippen LogP contribution in [0.3, 0.4) is 0 Å². The van der Waals surface area contributed by atoms with Gasteiger partial charge in [-0.1, -0.05) is 35.7 Å². The lowest BCUT2D eigenvalue weighted by Gasteiger charge is -2.17. The van der Waals surface area contributed by atoms with Gasteiger partial charge in [0.1, 0.15) is 0 Å². The number of anilines is 1. The highest BCUT2D eigenvalue weighted by atomic mass is 79.9. The molecule has 0 aromatic heterocycles. The Kier molecular flexibility index (Phi) is 3.64. The molecule has 1 aromatic rings. The summed E-state index contributed by atoms with van der Waals surface area (Å²) in [5.41, 5.74) is 2.25. The van der Waals surface area contributed by atoms with Gasteiger partial charge in [0.15, 0.2) is 0 Å². The van der Waals surface area contributed by atoms with Gasteiger partial charge in [-0.2, -0.15) is 0 Å². The van der Waals surface area contributed by atoms with Gasteiger partial charge in [-0.05, 0) is 30.2 Å². The number of hydrogen-bond acceptors (Lipinski definition) is 1. The van der Waals surface area contributed by atoms with Gasteiger partial charge in [-0.25, -0.2) is 0 Å². The average Bonchev–Trinajstić information content (AvgIpc) is 2.55. The Balaban J connectivity index is 2.13. The molecule has 2 nitrogen and oxygen atoms in total. The summed E-state index contributed by atoms with van der Waals surface area (Å²) in [4.78, 5) is 13.8. The van der Waals surface area contributed by atoms with E-state index in [0.717, 1.165) is 28.7 Å². The van der Waals surface area contributed by atoms with E-state index < -0.39 is 0 Å². The van der Waals surface area contributed by atoms with Gasteiger partial charge in [0.05, 0.1) is 6.42 Å². The summed E-state index contributed by atoms with van der Waals surface area (Å²) in [7, 11) is 0. The molecule has 0 spiro atoms. The van der Waals surface area contributed by atoms with E-state index in [0.29, 0.717) is 6.42 Å². The highest BCUT2D eigenvalue weighted by Gasteiger charge is 2.26. The molecule has 0 N–H and O–H groups in total. The first-order valence-electron chi connectivity index (χ1n) is 5.81. The Morgan fingerprint density at radius 1 is 1.38 bits per heavy atom. The first kappa shape index (κ1) is 11.6. The Morgan fingerprint density at radius 3 is 2.94 bits per heavy atom. The molecule has 0 atom stereocenters. The van der Waals surface area contributed by atoms with Crippen LogP contribution in [-0.4, -0.2) is 12.5 Å². The normalized spacial score (nSPS) is 14.4. The fraction of sp³-hybridized carbons (Fsp3) is 0.462. The lowest BCUT2D eigenvalue weighted by Crippen LogP contribution is -2.27. The number of benzene rings is 1. The summed E-state index contributed by atoms with van der Waals surface area (Å²) in [6.07, 6.45) is 4.03. The van der Waals surface area contributed by atoms with E-state index in [-0.39, 0.29) is 5.91 Å². The van der Waals surface area contributed by atoms with E-state index in [2.05, 4.69) is 22.9 Å². The summed E-state index contributed by atoms with van der Waals surface area (Å²) in [6, 6.07) is 6.09. The molecule has 2 rings (SSSR count). The van der Waals surface area contributed by atoms with Gasteiger partial charge < -0.3 is 4.90 Å². The predicted octanol–water partition coefficient (Wildman–Crippen LogP) is 3.53. The highest BCUT2D eigenvalue weighted by molar-refractivity contribution is 9.10. The summed E-state index contributed by atoms with van der Waals surface area (Å²) >= 11 is 3.44. The molecule has 1 aromatic carbocycles. The summed E-state index contributed by atoms with van der Waals surface area (Å²) in [5, 5.41) is 0. The molecule has 3 heteroatoms. The van der Waals surface area contributed by atoms with Crippen molar-refractivity contribution in [2.24, 2.45) is 0 Å². The third-order valence-corrected chi connectivity index (χ3v) is 3.45. The zero-order valence-electron chi connectivity index (χ0n) is 9.50. The SMILES string of the molecule is CCCCCN1C(=O)Cc2cc(Br)ccc21. The monoisotopic (exact) mass is 281 g/mol. The van der Waals surface area contributed by atoms with Crippen LogP contribution in [0.25, 0.3) is 0 Å². The van der Waals surface area contributed by atoms with Crippen molar-refractivity contribution in [2.45, 2.75) is 32.6 Å². The van der Waals surface area contributed by atoms with Crippen molar-refractivity contribution in [1.82, 2.24) is 0 Å². The number of hydrogen-bond donors (Lipinski definition) is 0. The molecule has 0 radical (unpaired) electrons. The van der Waals surface area contributed by atoms with Crippen molar-refractivity contribution in [2.75, 3.05) is 11.4 Å². The van der Waals surface area contributed by atoms with Crippen molar-refractivity contribution < 1.29 is 4.79 Å². The number of fused-ring (bicyclic) bond motifs is 1. The fourth-order valence-electron chi connectivity index (χ4n) is 2.12. The van der Waals surface area contributed by atoms with Gasteiger partial charge in [0.2, 0.25) is 5.91 Å². The number of unbranched alkanes of at least 4 members (excludes halogenated alkanes) is 2. The van der Waals surface area contributed by atoms with Crippen LogP contribution >= 0.6 is 15.9 Å². The standard InChI is InChI=1S/C13H16BrNO/c1-2-3-4-7-15-12-6-5-11(14)8-10(12)9-13(15)16/h5-6,8H,2-4,7,9H2,1H3. The van der Waals surface area contributed by atoms with Crippen LogP contribution in [0.2, 0.25) is 0 Å². The van der Waals surface area contributed by atoms with E-state index in [9.17, 15) is 4.79 Å². The maximum Gasteiger partial charge on any atom is 0.231 e. The molecular weight excluding hydrogens is 266 g/mol. The Hall–Kier alpha value is -0.830. The van der Waals surface area contributed by atoms with E-state index in [1.54, 1.807) is 0 Å². The minimum Gasteiger partial charge on any atom is -0.312 e. The molecule has 1 aliphatic heterocycles. The van der Waals surface area contributed by atoms with E-state index in [4.69, 9.17) is 0 Å². The van der Waals surface area contributed by atoms with Gasteiger partial charge >= 0.3 is 0 Å². The molecule has 0 saturated heterocycles. The van der Waals surface area contributed by atoms with Crippen LogP contribution < -0.4 is 4.90 Å². The van der Waals surface area contributed by atoms with Crippen molar-refractivity contribution >= 4 is 27.5 Å². The Labute approximate surface area is 105 Å². The van der Waals surface area contributed by atoms with Crippen LogP contribution in [0.5, 0.6) is 0 Å². The van der Waals surface area contributed by atoms with Crippen LogP contribution in [-0.2, 0) is 11.2 Å². The lowest BCUT2D eigenvalue weighted by molar-refractivity contribution is -0.117. The lowest BCUT2D eigenvalue weighted by atomic mass is 10.2. The van der Waals surface area contributed by atoms with Crippen LogP contribution in [0.15, 0.2) is 22.7 Å². The first-order valence-corrected chi connectivity index (χ1v) is 6.60. The maximum atomic E-state index is 11.8. The third kappa shape index (κ3) is 2.29. The van der Waals surface area contributed by atoms with Crippen molar-refractivity contribution in [3.8, 4) is 0 Å². The first-order chi connectivity index (χ1) is 7.72. The molecular formula is C13H16BrNO. The molecule has 1 amide bonds. The molecule has 0 unspecified atom stereocenters. The number of rotatable bonds is 4. The van der Waals surface area contributed by atoms with E-state index in [1.807, 2.05) is 23.1 Å². The minimum atomic E-state index is 0.240. The molecule has 0 saturated carbocycles. The second-order valence-corrected chi connectivity index (χ2v) is 5.12. The molecule has 16 heavy (non-hydrogen) atoms. The second-order valence-electron chi connectivity index (χ2n) is 4.20. The minimum absolute atomic E-state index is 0.240. The molecule has 1 heterocycles. The topological polar surface area (TPSA) is 20.3 Å². The number of nitrogens with zero attached hydrogens (tertiary/aromatic N) is 1. The quantitative estimate of drug-likeness (QED) is 0.774. The maximum absolute atomic E-state index is 11.8. The number of carbonyl (C=O) groups excluding carboxylic acids is 1. The van der Waals surface area contributed by atoms with Crippen molar-refractivity contribution in [1.29, 1.82) is 0 Å². The summed E-state index contributed by atoms with van der Waals surface area (Å²) in [6.45, 7) is 3.04. The summed E-state index contributed by atoms with van der Waals surface area (Å²) < 4.78 is 1.05. The largest absolute Gasteiger partial charge is 0.312 e. The van der Waals surface area contributed by atoms with E-state index >= 15 is 0 Å². The van der Waals surface area contributed by atoms with Crippen LogP contribution in [0.4, 0.5) is 5.69 Å². The molecule has 0 bridgehead atoms. The van der Waals surface area contributed by atoms with Gasteiger partial charge in [-0.15, -0.1) is 0 Å². The van der Waals surface area contributed by atoms with Crippen LogP contribution in [0, 0.1) is 0 Å². The third-order valence-electron chi connectivity index (χ3n) is 2.96. The smallest absolute Gasteiger partial charge is 0.231 e. The zero-order valence-corrected chi connectivity index (χ0v) is 11.1. The second kappa shape index (κ2) is 5.00. The summed E-state index contributed by atoms with van der Waals surface area (Å²) in [5.74, 6) is 0.240. The highest BCUT2D eigenvalue weighted by Crippen LogP contribution is 2.31. The Bertz CT molecular complexity index is 403. The molecule has 0 fully saturated rings. The average molecular weight is 282 g/mol. The molecule has 1 aliphatic rings. The number of amides is 1.